The van der Waals surface area contributed by atoms with Crippen LogP contribution in [0, 0.1) is 22.5 Å². The van der Waals surface area contributed by atoms with Gasteiger partial charge in [0.25, 0.3) is 5.69 Å². The van der Waals surface area contributed by atoms with Gasteiger partial charge in [-0.3, -0.25) is 10.1 Å². The molecule has 1 aromatic carbocycles. The second-order valence-corrected chi connectivity index (χ2v) is 6.56. The second kappa shape index (κ2) is 5.72. The molecule has 1 aromatic rings. The number of alkyl halides is 1. The third-order valence-electron chi connectivity index (χ3n) is 4.65. The van der Waals surface area contributed by atoms with Gasteiger partial charge in [0.15, 0.2) is 0 Å². The van der Waals surface area contributed by atoms with Crippen molar-refractivity contribution in [1.29, 1.82) is 0 Å². The van der Waals surface area contributed by atoms with Crippen molar-refractivity contribution in [2.45, 2.75) is 51.0 Å². The smallest absolute Gasteiger partial charge is 0.272 e. The van der Waals surface area contributed by atoms with Crippen LogP contribution in [0.3, 0.4) is 0 Å². The van der Waals surface area contributed by atoms with Crippen LogP contribution in [0.15, 0.2) is 18.2 Å². The number of ether oxygens (including phenoxy) is 1. The van der Waals surface area contributed by atoms with Gasteiger partial charge < -0.3 is 4.74 Å². The van der Waals surface area contributed by atoms with Crippen molar-refractivity contribution in [2.75, 3.05) is 0 Å². The molecule has 0 spiro atoms. The standard InChI is InChI=1S/C15H20BrNO3/c1-4-15(5-2)13(16)9-14(15)20-11-6-7-12(17(18)19)10(3)8-11/h6-8,13-14H,4-5,9H2,1-3H3. The molecule has 1 aliphatic rings. The predicted octanol–water partition coefficient (Wildman–Crippen LogP) is 4.62. The SMILES string of the molecule is CCC1(CC)C(Br)CC1Oc1ccc([N+](=O)[O-])c(C)c1. The van der Waals surface area contributed by atoms with E-state index in [2.05, 4.69) is 29.8 Å². The van der Waals surface area contributed by atoms with E-state index in [0.717, 1.165) is 25.0 Å². The Kier molecular flexibility index (Phi) is 4.37. The fraction of sp³-hybridized carbons (Fsp3) is 0.600. The van der Waals surface area contributed by atoms with Gasteiger partial charge in [0.2, 0.25) is 0 Å². The number of rotatable bonds is 5. The van der Waals surface area contributed by atoms with Crippen LogP contribution in [0.4, 0.5) is 5.69 Å². The minimum Gasteiger partial charge on any atom is -0.490 e. The van der Waals surface area contributed by atoms with E-state index in [-0.39, 0.29) is 22.1 Å². The Hall–Kier alpha value is -1.10. The molecular weight excluding hydrogens is 322 g/mol. The molecular formula is C15H20BrNO3. The second-order valence-electron chi connectivity index (χ2n) is 5.46. The Morgan fingerprint density at radius 3 is 2.55 bits per heavy atom. The zero-order chi connectivity index (χ0) is 14.9. The van der Waals surface area contributed by atoms with Crippen LogP contribution >= 0.6 is 15.9 Å². The summed E-state index contributed by atoms with van der Waals surface area (Å²) >= 11 is 3.73. The van der Waals surface area contributed by atoms with Crippen LogP contribution in [0.1, 0.15) is 38.7 Å². The summed E-state index contributed by atoms with van der Waals surface area (Å²) in [5.74, 6) is 0.726. The molecule has 4 nitrogen and oxygen atoms in total. The number of hydrogen-bond acceptors (Lipinski definition) is 3. The molecule has 0 amide bonds. The largest absolute Gasteiger partial charge is 0.490 e. The lowest BCUT2D eigenvalue weighted by Crippen LogP contribution is -2.56. The number of nitro benzene ring substituents is 1. The first-order chi connectivity index (χ1) is 9.44. The molecule has 1 fully saturated rings. The van der Waals surface area contributed by atoms with E-state index in [0.29, 0.717) is 10.4 Å². The van der Waals surface area contributed by atoms with Gasteiger partial charge in [-0.1, -0.05) is 29.8 Å². The van der Waals surface area contributed by atoms with Crippen LogP contribution in [0.2, 0.25) is 0 Å². The summed E-state index contributed by atoms with van der Waals surface area (Å²) in [5, 5.41) is 10.8. The average molecular weight is 342 g/mol. The summed E-state index contributed by atoms with van der Waals surface area (Å²) in [6.07, 6.45) is 3.30. The minimum atomic E-state index is -0.362. The quantitative estimate of drug-likeness (QED) is 0.446. The Bertz CT molecular complexity index is 514. The number of nitrogens with zero attached hydrogens (tertiary/aromatic N) is 1. The van der Waals surface area contributed by atoms with E-state index in [1.54, 1.807) is 19.1 Å². The van der Waals surface area contributed by atoms with Crippen LogP contribution < -0.4 is 4.74 Å². The van der Waals surface area contributed by atoms with Gasteiger partial charge in [-0.25, -0.2) is 0 Å². The van der Waals surface area contributed by atoms with E-state index in [4.69, 9.17) is 4.74 Å². The monoisotopic (exact) mass is 341 g/mol. The van der Waals surface area contributed by atoms with Crippen molar-refractivity contribution >= 4 is 21.6 Å². The van der Waals surface area contributed by atoms with Gasteiger partial charge in [-0.05, 0) is 38.3 Å². The molecule has 2 unspecified atom stereocenters. The molecule has 2 atom stereocenters. The highest BCUT2D eigenvalue weighted by Crippen LogP contribution is 2.52. The number of halogens is 1. The third kappa shape index (κ3) is 2.43. The van der Waals surface area contributed by atoms with E-state index < -0.39 is 0 Å². The maximum absolute atomic E-state index is 10.8. The first-order valence-corrected chi connectivity index (χ1v) is 7.92. The third-order valence-corrected chi connectivity index (χ3v) is 5.93. The molecule has 5 heteroatoms. The highest BCUT2D eigenvalue weighted by atomic mass is 79.9. The average Bonchev–Trinajstić information content (AvgIpc) is 2.39. The van der Waals surface area contributed by atoms with Crippen LogP contribution in [0.25, 0.3) is 0 Å². The van der Waals surface area contributed by atoms with Crippen molar-refractivity contribution < 1.29 is 9.66 Å². The van der Waals surface area contributed by atoms with Crippen molar-refractivity contribution in [3.8, 4) is 5.75 Å². The zero-order valence-electron chi connectivity index (χ0n) is 12.1. The Morgan fingerprint density at radius 1 is 1.45 bits per heavy atom. The van der Waals surface area contributed by atoms with Gasteiger partial charge in [0.05, 0.1) is 4.92 Å². The first-order valence-electron chi connectivity index (χ1n) is 7.00. The lowest BCUT2D eigenvalue weighted by Gasteiger charge is -2.52. The van der Waals surface area contributed by atoms with Gasteiger partial charge in [0, 0.05) is 21.9 Å². The van der Waals surface area contributed by atoms with E-state index in [9.17, 15) is 10.1 Å². The molecule has 0 heterocycles. The van der Waals surface area contributed by atoms with Crippen LogP contribution in [-0.4, -0.2) is 15.9 Å². The molecule has 1 saturated carbocycles. The lowest BCUT2D eigenvalue weighted by atomic mass is 9.62. The number of aryl methyl sites for hydroxylation is 1. The van der Waals surface area contributed by atoms with Crippen molar-refractivity contribution in [3.05, 3.63) is 33.9 Å². The minimum absolute atomic E-state index is 0.140. The van der Waals surface area contributed by atoms with E-state index >= 15 is 0 Å². The number of nitro groups is 1. The van der Waals surface area contributed by atoms with Gasteiger partial charge in [-0.2, -0.15) is 0 Å². The lowest BCUT2D eigenvalue weighted by molar-refractivity contribution is -0.385. The van der Waals surface area contributed by atoms with Gasteiger partial charge in [0.1, 0.15) is 11.9 Å². The summed E-state index contributed by atoms with van der Waals surface area (Å²) in [6.45, 7) is 6.12. The fourth-order valence-electron chi connectivity index (χ4n) is 3.08. The molecule has 0 aromatic heterocycles. The summed E-state index contributed by atoms with van der Waals surface area (Å²) < 4.78 is 6.08. The molecule has 0 radical (unpaired) electrons. The normalized spacial score (nSPS) is 24.0. The molecule has 1 aliphatic carbocycles. The van der Waals surface area contributed by atoms with E-state index in [1.165, 1.54) is 6.07 Å². The van der Waals surface area contributed by atoms with Gasteiger partial charge >= 0.3 is 0 Å². The highest BCUT2D eigenvalue weighted by Gasteiger charge is 2.53. The molecule has 110 valence electrons. The maximum atomic E-state index is 10.8. The molecule has 0 aliphatic heterocycles. The zero-order valence-corrected chi connectivity index (χ0v) is 13.6. The Labute approximate surface area is 127 Å². The summed E-state index contributed by atoms with van der Waals surface area (Å²) in [7, 11) is 0. The topological polar surface area (TPSA) is 52.4 Å². The summed E-state index contributed by atoms with van der Waals surface area (Å²) in [5.41, 5.74) is 0.956. The highest BCUT2D eigenvalue weighted by molar-refractivity contribution is 9.09. The summed E-state index contributed by atoms with van der Waals surface area (Å²) in [6, 6.07) is 4.98. The van der Waals surface area contributed by atoms with E-state index in [1.807, 2.05) is 0 Å². The maximum Gasteiger partial charge on any atom is 0.272 e. The van der Waals surface area contributed by atoms with Crippen molar-refractivity contribution in [3.63, 3.8) is 0 Å². The Balaban J connectivity index is 2.15. The van der Waals surface area contributed by atoms with Crippen LogP contribution in [-0.2, 0) is 0 Å². The van der Waals surface area contributed by atoms with Crippen molar-refractivity contribution in [1.82, 2.24) is 0 Å². The molecule has 0 saturated heterocycles. The molecule has 0 N–H and O–H groups in total. The summed E-state index contributed by atoms with van der Waals surface area (Å²) in [4.78, 5) is 11.0. The number of benzene rings is 1. The molecule has 2 rings (SSSR count). The Morgan fingerprint density at radius 2 is 2.10 bits per heavy atom. The predicted molar refractivity (Wildman–Crippen MR) is 82.6 cm³/mol. The van der Waals surface area contributed by atoms with Crippen LogP contribution in [0.5, 0.6) is 5.75 Å². The van der Waals surface area contributed by atoms with Crippen molar-refractivity contribution in [2.24, 2.45) is 5.41 Å². The molecule has 20 heavy (non-hydrogen) atoms. The molecule has 0 bridgehead atoms. The number of hydrogen-bond donors (Lipinski definition) is 0. The van der Waals surface area contributed by atoms with Gasteiger partial charge in [-0.15, -0.1) is 0 Å². The fourth-order valence-corrected chi connectivity index (χ4v) is 4.36. The first kappa shape index (κ1) is 15.3.